The zero-order valence-electron chi connectivity index (χ0n) is 23.3. The van der Waals surface area contributed by atoms with E-state index in [0.717, 1.165) is 0 Å². The van der Waals surface area contributed by atoms with Crippen LogP contribution in [0, 0.1) is 0 Å². The number of thiophene rings is 1. The molecule has 0 saturated heterocycles. The molecule has 0 saturated carbocycles. The van der Waals surface area contributed by atoms with Crippen molar-refractivity contribution in [3.8, 4) is 44.5 Å². The summed E-state index contributed by atoms with van der Waals surface area (Å²) in [5.74, 6) is 0. The maximum atomic E-state index is 2.40. The van der Waals surface area contributed by atoms with Crippen LogP contribution in [0.4, 0.5) is 0 Å². The molecule has 8 aromatic carbocycles. The SMILES string of the molecule is c1ccc2c(c1)-c1cccc3c(-c4ccc5sc6cc(-c7ccc8c(ccc9ccccc98)c7)ccc6c5c4)ccc-2c13. The van der Waals surface area contributed by atoms with Gasteiger partial charge in [0.2, 0.25) is 0 Å². The Morgan fingerprint density at radius 3 is 1.86 bits per heavy atom. The summed E-state index contributed by atoms with van der Waals surface area (Å²) in [6, 6.07) is 54.2. The van der Waals surface area contributed by atoms with Crippen molar-refractivity contribution >= 4 is 63.8 Å². The first-order valence-corrected chi connectivity index (χ1v) is 15.7. The van der Waals surface area contributed by atoms with Crippen LogP contribution >= 0.6 is 11.3 Å². The summed E-state index contributed by atoms with van der Waals surface area (Å²) in [6.45, 7) is 0. The molecule has 0 aliphatic heterocycles. The molecule has 1 heteroatoms. The lowest BCUT2D eigenvalue weighted by atomic mass is 9.93. The standard InChI is InChI=1S/C42H24S/c1-2-7-30-25(6-1)12-13-28-22-26(14-17-31(28)30)27-15-18-35-39-23-29(16-21-40(39)43-41(35)24-27)32-19-20-38-34-9-4-3-8-33(34)37-11-5-10-36(32)42(37)38/h1-24H. The third-order valence-electron chi connectivity index (χ3n) is 9.41. The molecule has 0 nitrogen and oxygen atoms in total. The molecule has 1 aliphatic rings. The fourth-order valence-electron chi connectivity index (χ4n) is 7.38. The van der Waals surface area contributed by atoms with E-state index in [1.165, 1.54) is 97.0 Å². The molecule has 10 rings (SSSR count). The first kappa shape index (κ1) is 23.3. The highest BCUT2D eigenvalue weighted by atomic mass is 32.1. The number of benzene rings is 8. The van der Waals surface area contributed by atoms with Gasteiger partial charge in [-0.3, -0.25) is 0 Å². The summed E-state index contributed by atoms with van der Waals surface area (Å²) in [4.78, 5) is 0. The summed E-state index contributed by atoms with van der Waals surface area (Å²) in [6.07, 6.45) is 0. The van der Waals surface area contributed by atoms with Gasteiger partial charge < -0.3 is 0 Å². The van der Waals surface area contributed by atoms with Gasteiger partial charge in [0.15, 0.2) is 0 Å². The lowest BCUT2D eigenvalue weighted by Gasteiger charge is -2.10. The fourth-order valence-corrected chi connectivity index (χ4v) is 8.50. The van der Waals surface area contributed by atoms with Gasteiger partial charge >= 0.3 is 0 Å². The second kappa shape index (κ2) is 8.64. The summed E-state index contributed by atoms with van der Waals surface area (Å²) < 4.78 is 2.67. The van der Waals surface area contributed by atoms with Crippen molar-refractivity contribution in [2.24, 2.45) is 0 Å². The largest absolute Gasteiger partial charge is 0.135 e. The van der Waals surface area contributed by atoms with Crippen molar-refractivity contribution in [2.75, 3.05) is 0 Å². The molecule has 1 aromatic heterocycles. The molecule has 0 spiro atoms. The molecule has 9 aromatic rings. The van der Waals surface area contributed by atoms with Gasteiger partial charge in [0.25, 0.3) is 0 Å². The van der Waals surface area contributed by atoms with Crippen molar-refractivity contribution in [3.63, 3.8) is 0 Å². The molecule has 0 fully saturated rings. The molecular weight excluding hydrogens is 537 g/mol. The topological polar surface area (TPSA) is 0 Å². The lowest BCUT2D eigenvalue weighted by molar-refractivity contribution is 1.69. The van der Waals surface area contributed by atoms with Gasteiger partial charge in [-0.1, -0.05) is 121 Å². The van der Waals surface area contributed by atoms with Crippen LogP contribution in [0.15, 0.2) is 146 Å². The molecule has 198 valence electrons. The third kappa shape index (κ3) is 3.31. The third-order valence-corrected chi connectivity index (χ3v) is 10.5. The van der Waals surface area contributed by atoms with E-state index in [2.05, 4.69) is 146 Å². The molecule has 0 N–H and O–H groups in total. The first-order valence-electron chi connectivity index (χ1n) is 14.8. The number of hydrogen-bond acceptors (Lipinski definition) is 1. The van der Waals surface area contributed by atoms with E-state index in [0.29, 0.717) is 0 Å². The van der Waals surface area contributed by atoms with E-state index < -0.39 is 0 Å². The highest BCUT2D eigenvalue weighted by Gasteiger charge is 2.22. The van der Waals surface area contributed by atoms with E-state index in [9.17, 15) is 0 Å². The lowest BCUT2D eigenvalue weighted by Crippen LogP contribution is -1.83. The molecule has 0 amide bonds. The van der Waals surface area contributed by atoms with Gasteiger partial charge in [0.05, 0.1) is 0 Å². The number of rotatable bonds is 2. The predicted molar refractivity (Wildman–Crippen MR) is 187 cm³/mol. The molecule has 0 atom stereocenters. The molecule has 43 heavy (non-hydrogen) atoms. The van der Waals surface area contributed by atoms with E-state index >= 15 is 0 Å². The quantitative estimate of drug-likeness (QED) is 0.184. The zero-order valence-corrected chi connectivity index (χ0v) is 24.1. The Kier molecular flexibility index (Phi) is 4.69. The van der Waals surface area contributed by atoms with Crippen LogP contribution in [0.3, 0.4) is 0 Å². The summed E-state index contributed by atoms with van der Waals surface area (Å²) >= 11 is 1.89. The van der Waals surface area contributed by atoms with Crippen molar-refractivity contribution in [1.82, 2.24) is 0 Å². The smallest absolute Gasteiger partial charge is 0.0361 e. The Hall–Kier alpha value is -5.24. The van der Waals surface area contributed by atoms with Crippen molar-refractivity contribution in [1.29, 1.82) is 0 Å². The average molecular weight is 561 g/mol. The van der Waals surface area contributed by atoms with Gasteiger partial charge in [-0.15, -0.1) is 11.3 Å². The molecule has 0 bridgehead atoms. The van der Waals surface area contributed by atoms with Crippen LogP contribution in [-0.2, 0) is 0 Å². The van der Waals surface area contributed by atoms with Crippen LogP contribution in [0.1, 0.15) is 0 Å². The van der Waals surface area contributed by atoms with Crippen LogP contribution in [-0.4, -0.2) is 0 Å². The second-order valence-corrected chi connectivity index (χ2v) is 12.8. The van der Waals surface area contributed by atoms with Gasteiger partial charge in [0.1, 0.15) is 0 Å². The van der Waals surface area contributed by atoms with Crippen LogP contribution in [0.2, 0.25) is 0 Å². The molecule has 0 radical (unpaired) electrons. The van der Waals surface area contributed by atoms with E-state index in [-0.39, 0.29) is 0 Å². The summed E-state index contributed by atoms with van der Waals surface area (Å²) in [5, 5.41) is 10.6. The molecule has 1 aliphatic carbocycles. The number of hydrogen-bond donors (Lipinski definition) is 0. The van der Waals surface area contributed by atoms with Crippen molar-refractivity contribution in [2.45, 2.75) is 0 Å². The van der Waals surface area contributed by atoms with Crippen molar-refractivity contribution < 1.29 is 0 Å². The normalized spacial score (nSPS) is 12.2. The minimum Gasteiger partial charge on any atom is -0.135 e. The number of fused-ring (bicyclic) bond motifs is 9. The van der Waals surface area contributed by atoms with Crippen LogP contribution in [0.5, 0.6) is 0 Å². The summed E-state index contributed by atoms with van der Waals surface area (Å²) in [5.41, 5.74) is 10.5. The minimum absolute atomic E-state index is 1.26. The van der Waals surface area contributed by atoms with Gasteiger partial charge in [-0.05, 0) is 101 Å². The fraction of sp³-hybridized carbons (Fsp3) is 0. The second-order valence-electron chi connectivity index (χ2n) is 11.7. The molecular formula is C42H24S. The van der Waals surface area contributed by atoms with E-state index in [1.807, 2.05) is 11.3 Å². The average Bonchev–Trinajstić information content (AvgIpc) is 3.60. The van der Waals surface area contributed by atoms with E-state index in [1.54, 1.807) is 0 Å². The highest BCUT2D eigenvalue weighted by molar-refractivity contribution is 7.25. The van der Waals surface area contributed by atoms with E-state index in [4.69, 9.17) is 0 Å². The Morgan fingerprint density at radius 1 is 0.302 bits per heavy atom. The Labute approximate surface area is 253 Å². The summed E-state index contributed by atoms with van der Waals surface area (Å²) in [7, 11) is 0. The Bertz CT molecular complexity index is 2590. The monoisotopic (exact) mass is 560 g/mol. The first-order chi connectivity index (χ1) is 21.3. The maximum Gasteiger partial charge on any atom is 0.0361 e. The van der Waals surface area contributed by atoms with Crippen molar-refractivity contribution in [3.05, 3.63) is 146 Å². The maximum absolute atomic E-state index is 2.40. The Morgan fingerprint density at radius 2 is 0.953 bits per heavy atom. The van der Waals surface area contributed by atoms with Gasteiger partial charge in [-0.25, -0.2) is 0 Å². The highest BCUT2D eigenvalue weighted by Crippen LogP contribution is 2.49. The van der Waals surface area contributed by atoms with Crippen LogP contribution in [0.25, 0.3) is 97.0 Å². The van der Waals surface area contributed by atoms with Gasteiger partial charge in [-0.2, -0.15) is 0 Å². The minimum atomic E-state index is 1.26. The molecule has 1 heterocycles. The van der Waals surface area contributed by atoms with Gasteiger partial charge in [0, 0.05) is 20.2 Å². The Balaban J connectivity index is 1.10. The van der Waals surface area contributed by atoms with Crippen LogP contribution < -0.4 is 0 Å². The molecule has 0 unspecified atom stereocenters. The zero-order chi connectivity index (χ0) is 28.1. The predicted octanol–water partition coefficient (Wildman–Crippen LogP) is 12.5.